The Hall–Kier alpha value is -1.76. The van der Waals surface area contributed by atoms with Crippen LogP contribution in [0.3, 0.4) is 0 Å². The maximum atomic E-state index is 13.1. The Kier molecular flexibility index (Phi) is 3.71. The molecule has 0 fully saturated rings. The summed E-state index contributed by atoms with van der Waals surface area (Å²) in [4.78, 5) is 14.4. The van der Waals surface area contributed by atoms with Crippen molar-refractivity contribution in [3.63, 3.8) is 0 Å². The Bertz CT molecular complexity index is 585. The van der Waals surface area contributed by atoms with Gasteiger partial charge in [0.1, 0.15) is 5.82 Å². The normalized spacial score (nSPS) is 10.6. The summed E-state index contributed by atoms with van der Waals surface area (Å²) in [7, 11) is 0. The Morgan fingerprint density at radius 2 is 2.28 bits per heavy atom. The summed E-state index contributed by atoms with van der Waals surface area (Å²) in [5, 5.41) is 12.2. The van der Waals surface area contributed by atoms with Gasteiger partial charge >= 0.3 is 5.97 Å². The SMILES string of the molecule is O=C(O)CCc1nc(-c2cc(F)ccc2Br)no1. The first kappa shape index (κ1) is 12.7. The Morgan fingerprint density at radius 3 is 3.00 bits per heavy atom. The second-order valence-electron chi connectivity index (χ2n) is 3.53. The molecule has 1 heterocycles. The number of aryl methyl sites for hydroxylation is 1. The lowest BCUT2D eigenvalue weighted by molar-refractivity contribution is -0.137. The topological polar surface area (TPSA) is 76.2 Å². The molecule has 7 heteroatoms. The highest BCUT2D eigenvalue weighted by Crippen LogP contribution is 2.26. The van der Waals surface area contributed by atoms with Gasteiger partial charge in [-0.25, -0.2) is 4.39 Å². The number of nitrogens with zero attached hydrogens (tertiary/aromatic N) is 2. The number of carbonyl (C=O) groups is 1. The fourth-order valence-electron chi connectivity index (χ4n) is 1.35. The van der Waals surface area contributed by atoms with Crippen molar-refractivity contribution in [1.82, 2.24) is 10.1 Å². The summed E-state index contributed by atoms with van der Waals surface area (Å²) in [6, 6.07) is 4.12. The molecule has 1 N–H and O–H groups in total. The van der Waals surface area contributed by atoms with Crippen LogP contribution in [0.15, 0.2) is 27.2 Å². The molecule has 94 valence electrons. The van der Waals surface area contributed by atoms with E-state index < -0.39 is 11.8 Å². The van der Waals surface area contributed by atoms with Crippen LogP contribution in [-0.2, 0) is 11.2 Å². The van der Waals surface area contributed by atoms with E-state index in [1.807, 2.05) is 0 Å². The molecule has 18 heavy (non-hydrogen) atoms. The molecule has 0 aliphatic heterocycles. The molecule has 0 atom stereocenters. The van der Waals surface area contributed by atoms with Gasteiger partial charge in [-0.15, -0.1) is 0 Å². The predicted molar refractivity (Wildman–Crippen MR) is 63.3 cm³/mol. The number of aromatic nitrogens is 2. The lowest BCUT2D eigenvalue weighted by Gasteiger charge is -1.98. The number of halogens is 2. The maximum absolute atomic E-state index is 13.1. The van der Waals surface area contributed by atoms with E-state index in [2.05, 4.69) is 26.1 Å². The smallest absolute Gasteiger partial charge is 0.303 e. The highest BCUT2D eigenvalue weighted by Gasteiger charge is 2.13. The van der Waals surface area contributed by atoms with E-state index in [1.165, 1.54) is 18.2 Å². The minimum atomic E-state index is -0.943. The van der Waals surface area contributed by atoms with Gasteiger partial charge in [0.2, 0.25) is 11.7 Å². The third-order valence-corrected chi connectivity index (χ3v) is 2.88. The number of aliphatic carboxylic acids is 1. The number of benzene rings is 1. The van der Waals surface area contributed by atoms with E-state index in [0.717, 1.165) is 0 Å². The molecule has 0 spiro atoms. The summed E-state index contributed by atoms with van der Waals surface area (Å²) in [6.07, 6.45) is 0.0568. The van der Waals surface area contributed by atoms with Gasteiger partial charge in [0, 0.05) is 16.5 Å². The van der Waals surface area contributed by atoms with Gasteiger partial charge in [-0.05, 0) is 18.2 Å². The van der Waals surface area contributed by atoms with Gasteiger partial charge in [0.25, 0.3) is 0 Å². The highest BCUT2D eigenvalue weighted by atomic mass is 79.9. The third kappa shape index (κ3) is 2.92. The number of carboxylic acid groups (broad SMARTS) is 1. The van der Waals surface area contributed by atoms with Gasteiger partial charge in [0.15, 0.2) is 0 Å². The van der Waals surface area contributed by atoms with Crippen molar-refractivity contribution < 1.29 is 18.8 Å². The van der Waals surface area contributed by atoms with E-state index in [4.69, 9.17) is 9.63 Å². The van der Waals surface area contributed by atoms with Crippen LogP contribution in [0.4, 0.5) is 4.39 Å². The Balaban J connectivity index is 2.23. The summed E-state index contributed by atoms with van der Waals surface area (Å²) >= 11 is 3.26. The monoisotopic (exact) mass is 314 g/mol. The van der Waals surface area contributed by atoms with Crippen LogP contribution in [0.1, 0.15) is 12.3 Å². The first-order valence-electron chi connectivity index (χ1n) is 5.06. The van der Waals surface area contributed by atoms with Gasteiger partial charge < -0.3 is 9.63 Å². The largest absolute Gasteiger partial charge is 0.481 e. The van der Waals surface area contributed by atoms with Gasteiger partial charge in [0.05, 0.1) is 6.42 Å². The van der Waals surface area contributed by atoms with E-state index >= 15 is 0 Å². The molecule has 0 aliphatic carbocycles. The lowest BCUT2D eigenvalue weighted by Crippen LogP contribution is -1.97. The zero-order valence-corrected chi connectivity index (χ0v) is 10.6. The van der Waals surface area contributed by atoms with E-state index in [9.17, 15) is 9.18 Å². The molecular weight excluding hydrogens is 307 g/mol. The first-order valence-corrected chi connectivity index (χ1v) is 5.85. The molecule has 0 aliphatic rings. The molecule has 0 amide bonds. The van der Waals surface area contributed by atoms with Crippen LogP contribution in [0, 0.1) is 5.82 Å². The second kappa shape index (κ2) is 5.26. The fraction of sp³-hybridized carbons (Fsp3) is 0.182. The van der Waals surface area contributed by atoms with Crippen molar-refractivity contribution in [2.75, 3.05) is 0 Å². The van der Waals surface area contributed by atoms with E-state index in [1.54, 1.807) is 0 Å². The predicted octanol–water partition coefficient (Wildman–Crippen LogP) is 2.66. The van der Waals surface area contributed by atoms with Crippen LogP contribution in [0.2, 0.25) is 0 Å². The molecule has 2 rings (SSSR count). The minimum Gasteiger partial charge on any atom is -0.481 e. The quantitative estimate of drug-likeness (QED) is 0.938. The number of hydrogen-bond acceptors (Lipinski definition) is 4. The molecular formula is C11H8BrFN2O3. The average molecular weight is 315 g/mol. The molecule has 0 unspecified atom stereocenters. The van der Waals surface area contributed by atoms with Crippen molar-refractivity contribution >= 4 is 21.9 Å². The third-order valence-electron chi connectivity index (χ3n) is 2.19. The summed E-state index contributed by atoms with van der Waals surface area (Å²) in [5.41, 5.74) is 0.459. The van der Waals surface area contributed by atoms with Crippen LogP contribution >= 0.6 is 15.9 Å². The van der Waals surface area contributed by atoms with Crippen LogP contribution in [0.5, 0.6) is 0 Å². The number of rotatable bonds is 4. The molecule has 0 bridgehead atoms. The van der Waals surface area contributed by atoms with Crippen molar-refractivity contribution in [3.05, 3.63) is 34.4 Å². The van der Waals surface area contributed by atoms with Crippen molar-refractivity contribution in [2.24, 2.45) is 0 Å². The number of carboxylic acids is 1. The standard InChI is InChI=1S/C11H8BrFN2O3/c12-8-2-1-6(13)5-7(8)11-14-9(18-15-11)3-4-10(16)17/h1-2,5H,3-4H2,(H,16,17). The van der Waals surface area contributed by atoms with Crippen LogP contribution in [-0.4, -0.2) is 21.2 Å². The van der Waals surface area contributed by atoms with E-state index in [0.29, 0.717) is 10.0 Å². The lowest BCUT2D eigenvalue weighted by atomic mass is 10.2. The molecule has 1 aromatic carbocycles. The zero-order chi connectivity index (χ0) is 13.1. The Morgan fingerprint density at radius 1 is 1.50 bits per heavy atom. The van der Waals surface area contributed by atoms with Gasteiger partial charge in [-0.3, -0.25) is 4.79 Å². The second-order valence-corrected chi connectivity index (χ2v) is 4.38. The Labute approximate surface area is 110 Å². The zero-order valence-electron chi connectivity index (χ0n) is 9.06. The van der Waals surface area contributed by atoms with Crippen molar-refractivity contribution in [2.45, 2.75) is 12.8 Å². The summed E-state index contributed by atoms with van der Waals surface area (Å²) < 4.78 is 18.6. The van der Waals surface area contributed by atoms with Gasteiger partial charge in [-0.1, -0.05) is 21.1 Å². The van der Waals surface area contributed by atoms with Crippen molar-refractivity contribution in [3.8, 4) is 11.4 Å². The minimum absolute atomic E-state index is 0.0913. The summed E-state index contributed by atoms with van der Waals surface area (Å²) in [5.74, 6) is -0.919. The molecule has 1 aromatic heterocycles. The summed E-state index contributed by atoms with van der Waals surface area (Å²) in [6.45, 7) is 0. The molecule has 0 radical (unpaired) electrons. The molecule has 0 saturated heterocycles. The molecule has 5 nitrogen and oxygen atoms in total. The maximum Gasteiger partial charge on any atom is 0.303 e. The van der Waals surface area contributed by atoms with Crippen LogP contribution < -0.4 is 0 Å². The first-order chi connectivity index (χ1) is 8.56. The number of hydrogen-bond donors (Lipinski definition) is 1. The molecule has 2 aromatic rings. The highest BCUT2D eigenvalue weighted by molar-refractivity contribution is 9.10. The average Bonchev–Trinajstić information content (AvgIpc) is 2.78. The van der Waals surface area contributed by atoms with Crippen molar-refractivity contribution in [1.29, 1.82) is 0 Å². The van der Waals surface area contributed by atoms with Gasteiger partial charge in [-0.2, -0.15) is 4.98 Å². The van der Waals surface area contributed by atoms with E-state index in [-0.39, 0.29) is 24.6 Å². The molecule has 0 saturated carbocycles. The van der Waals surface area contributed by atoms with Crippen LogP contribution in [0.25, 0.3) is 11.4 Å². The fourth-order valence-corrected chi connectivity index (χ4v) is 1.77.